The normalized spacial score (nSPS) is 16.9. The summed E-state index contributed by atoms with van der Waals surface area (Å²) in [4.78, 5) is 0. The van der Waals surface area contributed by atoms with Gasteiger partial charge in [0.15, 0.2) is 0 Å². The van der Waals surface area contributed by atoms with E-state index in [1.165, 1.54) is 28.7 Å². The Kier molecular flexibility index (Phi) is 17.5. The Bertz CT molecular complexity index is 555. The number of rotatable bonds is 6. The van der Waals surface area contributed by atoms with Crippen LogP contribution in [0.1, 0.15) is 0 Å². The zero-order valence-electron chi connectivity index (χ0n) is 11.0. The molecule has 0 nitrogen and oxygen atoms in total. The Balaban J connectivity index is 6.43. The predicted molar refractivity (Wildman–Crippen MR) is 227 cm³/mol. The molecular weight excluding hydrogens is 1940 g/mol. The molecule has 0 bridgehead atoms. The van der Waals surface area contributed by atoms with Crippen LogP contribution in [0.5, 0.6) is 0 Å². The quantitative estimate of drug-likeness (QED) is 0.184. The molecule has 0 saturated heterocycles. The van der Waals surface area contributed by atoms with E-state index in [0.717, 1.165) is 0 Å². The Labute approximate surface area is 341 Å². The van der Waals surface area contributed by atoms with Crippen molar-refractivity contribution in [1.82, 2.24) is 0 Å². The molecule has 17 heteroatoms. The topological polar surface area (TPSA) is 0 Å². The Morgan fingerprint density at radius 1 is 0.538 bits per heavy atom. The maximum absolute atomic E-state index is 13.1. The van der Waals surface area contributed by atoms with E-state index in [4.69, 9.17) is 0 Å². The summed E-state index contributed by atoms with van der Waals surface area (Å²) in [6, 6.07) is 0. The second kappa shape index (κ2) is 12.7. The van der Waals surface area contributed by atoms with Crippen molar-refractivity contribution in [2.45, 2.75) is 12.8 Å². The van der Waals surface area contributed by atoms with Gasteiger partial charge in [0.25, 0.3) is 0 Å². The summed E-state index contributed by atoms with van der Waals surface area (Å²) in [6.07, 6.45) is -2.98. The fourth-order valence-electron chi connectivity index (χ4n) is 1.11. The Morgan fingerprint density at radius 3 is 1.12 bits per heavy atom. The van der Waals surface area contributed by atoms with Crippen LogP contribution in [-0.4, -0.2) is 12.8 Å². The van der Waals surface area contributed by atoms with Crippen LogP contribution in [0.4, 0.5) is 13.2 Å². The zero-order valence-corrected chi connectivity index (χ0v) is 41.2. The minimum absolute atomic E-state index is 0.0931. The average Bonchev–Trinajstić information content (AvgIpc) is 2.34. The molecule has 0 rings (SSSR count). The molecular formula is C9HF3I14. The van der Waals surface area contributed by atoms with Gasteiger partial charge in [0, 0.05) is 0 Å². The lowest BCUT2D eigenvalue weighted by Gasteiger charge is -2.54. The first kappa shape index (κ1) is 35.8. The third kappa shape index (κ3) is 8.37. The van der Waals surface area contributed by atoms with Crippen molar-refractivity contribution >= 4 is 316 Å². The van der Waals surface area contributed by atoms with Gasteiger partial charge < -0.3 is 0 Å². The van der Waals surface area contributed by atoms with E-state index in [-0.39, 0.29) is 2.29 Å². The van der Waals surface area contributed by atoms with E-state index in [0.29, 0.717) is 0 Å². The molecule has 0 aliphatic heterocycles. The molecule has 0 aliphatic rings. The van der Waals surface area contributed by atoms with Crippen LogP contribution in [0, 0.1) is 0 Å². The summed E-state index contributed by atoms with van der Waals surface area (Å²) in [5.74, 6) is 0. The van der Waals surface area contributed by atoms with Gasteiger partial charge in [-0.25, -0.2) is 0 Å². The first-order chi connectivity index (χ1) is 10.9. The van der Waals surface area contributed by atoms with Gasteiger partial charge in [0.05, 0.1) is 3.58 Å². The summed E-state index contributed by atoms with van der Waals surface area (Å²) >= 11 is 32.5. The fraction of sp³-hybridized carbons (Fsp3) is 0.778. The standard InChI is InChI=1S/C9HF3I14/c10-4(11,12)2(13)1-3(14,15)5(16,17)6(18,19)7(20,21)8(22,23)9(24,25)26/h1H. The predicted octanol–water partition coefficient (Wildman–Crippen LogP) is 12.7. The minimum atomic E-state index is -4.32. The largest absolute Gasteiger partial charge is 0.421 e. The summed E-state index contributed by atoms with van der Waals surface area (Å²) in [6.45, 7) is 0. The van der Waals surface area contributed by atoms with Gasteiger partial charge in [-0.1, -0.05) is 294 Å². The van der Waals surface area contributed by atoms with Crippen LogP contribution in [-0.2, 0) is 0 Å². The highest BCUT2D eigenvalue weighted by Crippen LogP contribution is 2.76. The summed E-state index contributed by atoms with van der Waals surface area (Å²) < 4.78 is 36.6. The highest BCUT2D eigenvalue weighted by Gasteiger charge is 2.72. The number of halogens is 17. The molecule has 0 heterocycles. The van der Waals surface area contributed by atoms with Gasteiger partial charge in [0.2, 0.25) is 0 Å². The molecule has 0 fully saturated rings. The molecule has 156 valence electrons. The van der Waals surface area contributed by atoms with Gasteiger partial charge in [0.1, 0.15) is 6.58 Å². The molecule has 0 amide bonds. The van der Waals surface area contributed by atoms with Crippen LogP contribution < -0.4 is 0 Å². The smallest absolute Gasteiger partial charge is 0.166 e. The third-order valence-electron chi connectivity index (χ3n) is 2.54. The SMILES string of the molecule is FC(F)(F)C(I)=CC(I)(I)C(I)(I)C(I)(I)C(I)(I)C(I)(I)C(I)(I)I. The molecule has 0 radical (unpaired) electrons. The molecule has 0 unspecified atom stereocenters. The van der Waals surface area contributed by atoms with Crippen molar-refractivity contribution in [1.29, 1.82) is 0 Å². The third-order valence-corrected chi connectivity index (χ3v) is 43.9. The van der Waals surface area contributed by atoms with Crippen molar-refractivity contribution in [3.8, 4) is 0 Å². The highest BCUT2D eigenvalue weighted by atomic mass is 127. The molecule has 0 N–H and O–H groups in total. The van der Waals surface area contributed by atoms with E-state index in [9.17, 15) is 13.2 Å². The number of alkyl halides is 16. The van der Waals surface area contributed by atoms with Crippen LogP contribution in [0.2, 0.25) is 0 Å². The minimum Gasteiger partial charge on any atom is -0.166 e. The van der Waals surface area contributed by atoms with Crippen molar-refractivity contribution in [2.75, 3.05) is 0 Å². The van der Waals surface area contributed by atoms with Crippen molar-refractivity contribution in [2.24, 2.45) is 0 Å². The molecule has 0 saturated carbocycles. The average molecular weight is 1940 g/mol. The fourth-order valence-corrected chi connectivity index (χ4v) is 19.9. The van der Waals surface area contributed by atoms with Gasteiger partial charge in [-0.2, -0.15) is 13.2 Å². The second-order valence-corrected chi connectivity index (χ2v) is 43.3. The molecule has 26 heavy (non-hydrogen) atoms. The van der Waals surface area contributed by atoms with E-state index in [1.54, 1.807) is 0 Å². The zero-order chi connectivity index (χ0) is 21.8. The van der Waals surface area contributed by atoms with Gasteiger partial charge >= 0.3 is 6.18 Å². The lowest BCUT2D eigenvalue weighted by atomic mass is 10.1. The number of hydrogen-bond donors (Lipinski definition) is 0. The lowest BCUT2D eigenvalue weighted by Crippen LogP contribution is -2.62. The maximum Gasteiger partial charge on any atom is 0.421 e. The van der Waals surface area contributed by atoms with E-state index in [2.05, 4.69) is 294 Å². The second-order valence-electron chi connectivity index (χ2n) is 4.41. The number of hydrogen-bond acceptors (Lipinski definition) is 0. The number of allylic oxidation sites excluding steroid dienone is 2. The van der Waals surface area contributed by atoms with Gasteiger partial charge in [-0.15, -0.1) is 0 Å². The first-order valence-electron chi connectivity index (χ1n) is 5.29. The van der Waals surface area contributed by atoms with Crippen molar-refractivity contribution < 1.29 is 13.2 Å². The van der Waals surface area contributed by atoms with E-state index < -0.39 is 14.0 Å². The molecule has 0 atom stereocenters. The highest BCUT2D eigenvalue weighted by molar-refractivity contribution is 14.3. The first-order valence-corrected chi connectivity index (χ1v) is 20.4. The Morgan fingerprint density at radius 2 is 0.846 bits per heavy atom. The Hall–Kier alpha value is 9.75. The van der Waals surface area contributed by atoms with Gasteiger partial charge in [-0.3, -0.25) is 0 Å². The van der Waals surface area contributed by atoms with E-state index >= 15 is 0 Å². The monoisotopic (exact) mass is 1940 g/mol. The molecule has 0 aliphatic carbocycles. The van der Waals surface area contributed by atoms with Crippen LogP contribution in [0.15, 0.2) is 9.66 Å². The summed E-state index contributed by atoms with van der Waals surface area (Å²) in [7, 11) is 0. The van der Waals surface area contributed by atoms with Crippen LogP contribution in [0.25, 0.3) is 0 Å². The van der Waals surface area contributed by atoms with E-state index in [1.807, 2.05) is 0 Å². The molecule has 0 aromatic carbocycles. The van der Waals surface area contributed by atoms with Gasteiger partial charge in [-0.05, 0) is 28.7 Å². The van der Waals surface area contributed by atoms with Crippen LogP contribution in [0.3, 0.4) is 0 Å². The molecule has 0 spiro atoms. The summed E-state index contributed by atoms with van der Waals surface area (Å²) in [5, 5.41) is 0. The molecule has 0 aromatic heterocycles. The van der Waals surface area contributed by atoms with Crippen molar-refractivity contribution in [3.63, 3.8) is 0 Å². The lowest BCUT2D eigenvalue weighted by molar-refractivity contribution is -0.0819. The van der Waals surface area contributed by atoms with Crippen LogP contribution >= 0.6 is 316 Å². The molecule has 0 aromatic rings. The van der Waals surface area contributed by atoms with Crippen molar-refractivity contribution in [3.05, 3.63) is 9.66 Å². The maximum atomic E-state index is 13.1. The summed E-state index contributed by atoms with van der Waals surface area (Å²) in [5.41, 5.74) is 0.